The van der Waals surface area contributed by atoms with Gasteiger partial charge in [-0.15, -0.1) is 0 Å². The third kappa shape index (κ3) is 3.82. The molecular formula is C2H4F2O. The third-order valence-corrected chi connectivity index (χ3v) is 0.127. The van der Waals surface area contributed by atoms with Gasteiger partial charge in [-0.1, -0.05) is 0 Å². The van der Waals surface area contributed by atoms with E-state index in [9.17, 15) is 8.78 Å². The van der Waals surface area contributed by atoms with Gasteiger partial charge in [-0.25, -0.2) is 8.78 Å². The Bertz CT molecular complexity index is 21.6. The van der Waals surface area contributed by atoms with Crippen LogP contribution in [0, 0.1) is 0 Å². The van der Waals surface area contributed by atoms with Crippen molar-refractivity contribution in [1.29, 1.82) is 0 Å². The first-order chi connectivity index (χ1) is 2.27. The monoisotopic (exact) mass is 82.0 g/mol. The van der Waals surface area contributed by atoms with Crippen molar-refractivity contribution in [3.05, 3.63) is 0 Å². The molecule has 0 rings (SSSR count). The Morgan fingerprint density at radius 2 is 2.00 bits per heavy atom. The first-order valence-electron chi connectivity index (χ1n) is 1.15. The summed E-state index contributed by atoms with van der Waals surface area (Å²) in [7, 11) is 0. The molecule has 0 fully saturated rings. The van der Waals surface area contributed by atoms with Crippen molar-refractivity contribution in [1.82, 2.24) is 0 Å². The minimum Gasteiger partial charge on any atom is -0.362 e. The minimum atomic E-state index is -2.28. The van der Waals surface area contributed by atoms with Crippen molar-refractivity contribution >= 4 is 0 Å². The van der Waals surface area contributed by atoms with Crippen molar-refractivity contribution in [2.45, 2.75) is 6.36 Å². The van der Waals surface area contributed by atoms with Crippen molar-refractivity contribution in [3.63, 3.8) is 0 Å². The van der Waals surface area contributed by atoms with E-state index in [-0.39, 0.29) is 0 Å². The van der Waals surface area contributed by atoms with Crippen LogP contribution in [0.2, 0.25) is 0 Å². The van der Waals surface area contributed by atoms with Gasteiger partial charge in [-0.2, -0.15) is 0 Å². The lowest BCUT2D eigenvalue weighted by Gasteiger charge is -1.82. The average Bonchev–Trinajstić information content (AvgIpc) is 1.38. The van der Waals surface area contributed by atoms with E-state index in [0.717, 1.165) is 0 Å². The van der Waals surface area contributed by atoms with Crippen LogP contribution in [0.4, 0.5) is 8.78 Å². The summed E-state index contributed by atoms with van der Waals surface area (Å²) < 4.78 is 21.1. The lowest BCUT2D eigenvalue weighted by Crippen LogP contribution is -1.96. The maximum absolute atomic E-state index is 10.6. The maximum atomic E-state index is 10.6. The topological polar surface area (TPSA) is 20.2 Å². The molecule has 0 spiro atoms. The van der Waals surface area contributed by atoms with Gasteiger partial charge in [-0.05, 0) is 0 Å². The van der Waals surface area contributed by atoms with Crippen LogP contribution in [-0.4, -0.2) is 18.1 Å². The fourth-order valence-electron chi connectivity index (χ4n) is 0. The molecule has 0 heterocycles. The van der Waals surface area contributed by atoms with Crippen molar-refractivity contribution < 1.29 is 13.9 Å². The van der Waals surface area contributed by atoms with E-state index in [0.29, 0.717) is 0 Å². The van der Waals surface area contributed by atoms with Crippen LogP contribution in [-0.2, 0) is 0 Å². The highest BCUT2D eigenvalue weighted by atomic mass is 19.2. The van der Waals surface area contributed by atoms with Gasteiger partial charge in [-0.3, -0.25) is 0 Å². The number of aliphatic hydroxyl groups excluding tert-OH is 1. The molecule has 0 aromatic heterocycles. The fraction of sp³-hybridized carbons (Fsp3) is 1.00. The van der Waals surface area contributed by atoms with Crippen LogP contribution in [0.3, 0.4) is 0 Å². The van der Waals surface area contributed by atoms with Gasteiger partial charge in [0.05, 0.1) is 0 Å². The SMILES string of the molecule is OC(F)CF. The van der Waals surface area contributed by atoms with Crippen LogP contribution in [0.5, 0.6) is 0 Å². The van der Waals surface area contributed by atoms with Gasteiger partial charge in [0.25, 0.3) is 0 Å². The molecule has 1 N–H and O–H groups in total. The molecule has 3 heteroatoms. The number of halogens is 2. The summed E-state index contributed by atoms with van der Waals surface area (Å²) in [6, 6.07) is 0. The standard InChI is InChI=1S/C2H4F2O/c3-1-2(4)5/h2,5H,1H2. The summed E-state index contributed by atoms with van der Waals surface area (Å²) in [6.07, 6.45) is -2.28. The molecule has 0 saturated heterocycles. The largest absolute Gasteiger partial charge is 0.362 e. The highest BCUT2D eigenvalue weighted by Crippen LogP contribution is 1.79. The zero-order valence-electron chi connectivity index (χ0n) is 2.49. The van der Waals surface area contributed by atoms with E-state index in [1.807, 2.05) is 0 Å². The van der Waals surface area contributed by atoms with Crippen LogP contribution in [0.25, 0.3) is 0 Å². The Kier molecular flexibility index (Phi) is 2.01. The van der Waals surface area contributed by atoms with Gasteiger partial charge >= 0.3 is 0 Å². The van der Waals surface area contributed by atoms with Crippen LogP contribution in [0.15, 0.2) is 0 Å². The number of hydrogen-bond acceptors (Lipinski definition) is 1. The molecule has 0 amide bonds. The molecule has 0 aromatic rings. The summed E-state index contributed by atoms with van der Waals surface area (Å²) in [5.41, 5.74) is 0. The van der Waals surface area contributed by atoms with Gasteiger partial charge in [0, 0.05) is 0 Å². The van der Waals surface area contributed by atoms with E-state index < -0.39 is 13.0 Å². The molecule has 0 aliphatic rings. The van der Waals surface area contributed by atoms with E-state index in [2.05, 4.69) is 0 Å². The lowest BCUT2D eigenvalue weighted by atomic mass is 10.8. The molecule has 0 aliphatic heterocycles. The number of alkyl halides is 2. The van der Waals surface area contributed by atoms with Gasteiger partial charge in [0.15, 0.2) is 0 Å². The second kappa shape index (κ2) is 2.08. The molecule has 0 bridgehead atoms. The average molecular weight is 82.0 g/mol. The predicted molar refractivity (Wildman–Crippen MR) is 13.1 cm³/mol. The molecule has 5 heavy (non-hydrogen) atoms. The fourth-order valence-corrected chi connectivity index (χ4v) is 0. The zero-order chi connectivity index (χ0) is 4.28. The highest BCUT2D eigenvalue weighted by Gasteiger charge is 1.91. The number of aliphatic hydroxyl groups is 1. The molecule has 1 unspecified atom stereocenters. The summed E-state index contributed by atoms with van der Waals surface area (Å²) in [5, 5.41) is 7.32. The smallest absolute Gasteiger partial charge is 0.225 e. The van der Waals surface area contributed by atoms with Gasteiger partial charge in [0.2, 0.25) is 6.36 Å². The Hall–Kier alpha value is -0.180. The van der Waals surface area contributed by atoms with Gasteiger partial charge < -0.3 is 5.11 Å². The molecule has 0 saturated carbocycles. The zero-order valence-corrected chi connectivity index (χ0v) is 2.49. The van der Waals surface area contributed by atoms with E-state index in [4.69, 9.17) is 5.11 Å². The van der Waals surface area contributed by atoms with E-state index >= 15 is 0 Å². The van der Waals surface area contributed by atoms with Crippen molar-refractivity contribution in [2.75, 3.05) is 6.67 Å². The molecule has 1 nitrogen and oxygen atoms in total. The molecule has 32 valence electrons. The Balaban J connectivity index is 2.54. The molecular weight excluding hydrogens is 78.0 g/mol. The minimum absolute atomic E-state index is 1.31. The second-order valence-corrected chi connectivity index (χ2v) is 0.589. The van der Waals surface area contributed by atoms with Crippen LogP contribution < -0.4 is 0 Å². The Labute approximate surface area is 28.2 Å². The van der Waals surface area contributed by atoms with Crippen molar-refractivity contribution in [2.24, 2.45) is 0 Å². The molecule has 1 atom stereocenters. The highest BCUT2D eigenvalue weighted by molar-refractivity contribution is 4.22. The second-order valence-electron chi connectivity index (χ2n) is 0.589. The first-order valence-corrected chi connectivity index (χ1v) is 1.15. The van der Waals surface area contributed by atoms with Gasteiger partial charge in [0.1, 0.15) is 6.67 Å². The predicted octanol–water partition coefficient (Wildman–Crippen LogP) is 0.244. The summed E-state index contributed by atoms with van der Waals surface area (Å²) >= 11 is 0. The number of hydrogen-bond donors (Lipinski definition) is 1. The molecule has 0 aliphatic carbocycles. The molecule has 0 aromatic carbocycles. The van der Waals surface area contributed by atoms with Crippen LogP contribution in [0.1, 0.15) is 0 Å². The molecule has 0 radical (unpaired) electrons. The third-order valence-electron chi connectivity index (χ3n) is 0.127. The summed E-state index contributed by atoms with van der Waals surface area (Å²) in [6.45, 7) is -1.31. The Morgan fingerprint density at radius 3 is 2.00 bits per heavy atom. The van der Waals surface area contributed by atoms with E-state index in [1.165, 1.54) is 0 Å². The van der Waals surface area contributed by atoms with Crippen LogP contribution >= 0.6 is 0 Å². The normalized spacial score (nSPS) is 15.0. The Morgan fingerprint density at radius 1 is 1.80 bits per heavy atom. The first kappa shape index (κ1) is 4.82. The maximum Gasteiger partial charge on any atom is 0.225 e. The lowest BCUT2D eigenvalue weighted by molar-refractivity contribution is 0.0200. The summed E-state index contributed by atoms with van der Waals surface area (Å²) in [5.74, 6) is 0. The number of rotatable bonds is 1. The van der Waals surface area contributed by atoms with E-state index in [1.54, 1.807) is 0 Å². The summed E-state index contributed by atoms with van der Waals surface area (Å²) in [4.78, 5) is 0. The quantitative estimate of drug-likeness (QED) is 0.480. The van der Waals surface area contributed by atoms with Crippen molar-refractivity contribution in [3.8, 4) is 0 Å².